The van der Waals surface area contributed by atoms with E-state index in [-0.39, 0.29) is 11.7 Å². The molecular weight excluding hydrogens is 222 g/mol. The quantitative estimate of drug-likeness (QED) is 0.741. The Morgan fingerprint density at radius 3 is 2.22 bits per heavy atom. The van der Waals surface area contributed by atoms with Gasteiger partial charge in [0.1, 0.15) is 5.71 Å². The monoisotopic (exact) mass is 243 g/mol. The number of ketones is 1. The van der Waals surface area contributed by atoms with Crippen molar-refractivity contribution in [2.45, 2.75) is 27.7 Å². The minimum Gasteiger partial charge on any atom is -0.292 e. The van der Waals surface area contributed by atoms with Crippen LogP contribution in [-0.4, -0.2) is 18.5 Å². The van der Waals surface area contributed by atoms with Gasteiger partial charge in [0.2, 0.25) is 0 Å². The van der Waals surface area contributed by atoms with Crippen LogP contribution >= 0.6 is 0 Å². The standard InChI is InChI=1S/C16H21NO/c1-11(2)16(18)15(17-5)10-13(4)14-8-6-12(3)7-9-14/h6-11H,1-5H3/b13-10+,17-15?. The molecule has 0 aliphatic rings. The van der Waals surface area contributed by atoms with Gasteiger partial charge in [0.15, 0.2) is 5.78 Å². The molecule has 1 aromatic rings. The summed E-state index contributed by atoms with van der Waals surface area (Å²) in [6, 6.07) is 8.27. The lowest BCUT2D eigenvalue weighted by Gasteiger charge is -2.06. The van der Waals surface area contributed by atoms with Gasteiger partial charge in [-0.3, -0.25) is 9.79 Å². The first-order valence-electron chi connectivity index (χ1n) is 6.22. The second-order valence-corrected chi connectivity index (χ2v) is 4.82. The normalized spacial score (nSPS) is 13.0. The number of nitrogens with zero attached hydrogens (tertiary/aromatic N) is 1. The Morgan fingerprint density at radius 1 is 1.22 bits per heavy atom. The van der Waals surface area contributed by atoms with E-state index < -0.39 is 0 Å². The fourth-order valence-electron chi connectivity index (χ4n) is 1.65. The number of aryl methyl sites for hydroxylation is 1. The zero-order chi connectivity index (χ0) is 13.7. The van der Waals surface area contributed by atoms with Crippen molar-refractivity contribution < 1.29 is 4.79 Å². The fraction of sp³-hybridized carbons (Fsp3) is 0.375. The molecule has 0 bridgehead atoms. The van der Waals surface area contributed by atoms with E-state index in [0.29, 0.717) is 5.71 Å². The number of carbonyl (C=O) groups excluding carboxylic acids is 1. The van der Waals surface area contributed by atoms with E-state index in [1.165, 1.54) is 5.56 Å². The van der Waals surface area contributed by atoms with Crippen molar-refractivity contribution in [1.29, 1.82) is 0 Å². The summed E-state index contributed by atoms with van der Waals surface area (Å²) in [5.41, 5.74) is 3.96. The number of carbonyl (C=O) groups is 1. The molecule has 18 heavy (non-hydrogen) atoms. The predicted octanol–water partition coefficient (Wildman–Crippen LogP) is 3.69. The van der Waals surface area contributed by atoms with Crippen LogP contribution in [0.2, 0.25) is 0 Å². The molecule has 0 atom stereocenters. The minimum atomic E-state index is -0.0224. The highest BCUT2D eigenvalue weighted by Gasteiger charge is 2.12. The average molecular weight is 243 g/mol. The highest BCUT2D eigenvalue weighted by Crippen LogP contribution is 2.15. The van der Waals surface area contributed by atoms with Crippen molar-refractivity contribution in [3.63, 3.8) is 0 Å². The fourth-order valence-corrected chi connectivity index (χ4v) is 1.65. The van der Waals surface area contributed by atoms with Gasteiger partial charge in [-0.2, -0.15) is 0 Å². The van der Waals surface area contributed by atoms with E-state index in [1.54, 1.807) is 7.05 Å². The molecule has 0 aliphatic carbocycles. The number of Topliss-reactive ketones (excluding diaryl/α,β-unsaturated/α-hetero) is 1. The number of hydrogen-bond acceptors (Lipinski definition) is 2. The third-order valence-corrected chi connectivity index (χ3v) is 2.88. The van der Waals surface area contributed by atoms with Gasteiger partial charge in [-0.05, 0) is 31.1 Å². The van der Waals surface area contributed by atoms with Crippen LogP contribution in [0.15, 0.2) is 35.3 Å². The van der Waals surface area contributed by atoms with Gasteiger partial charge in [-0.15, -0.1) is 0 Å². The van der Waals surface area contributed by atoms with E-state index in [1.807, 2.05) is 26.8 Å². The van der Waals surface area contributed by atoms with Crippen molar-refractivity contribution >= 4 is 17.1 Å². The van der Waals surface area contributed by atoms with Crippen LogP contribution < -0.4 is 0 Å². The molecule has 2 nitrogen and oxygen atoms in total. The Morgan fingerprint density at radius 2 is 1.78 bits per heavy atom. The molecule has 0 aliphatic heterocycles. The molecule has 96 valence electrons. The summed E-state index contributed by atoms with van der Waals surface area (Å²) in [7, 11) is 1.66. The molecule has 0 saturated heterocycles. The number of hydrogen-bond donors (Lipinski definition) is 0. The van der Waals surface area contributed by atoms with Gasteiger partial charge in [-0.1, -0.05) is 43.7 Å². The van der Waals surface area contributed by atoms with Gasteiger partial charge in [0.05, 0.1) is 0 Å². The van der Waals surface area contributed by atoms with Gasteiger partial charge in [0, 0.05) is 13.0 Å². The molecule has 0 saturated carbocycles. The Bertz CT molecular complexity index is 478. The van der Waals surface area contributed by atoms with E-state index in [4.69, 9.17) is 0 Å². The molecule has 1 rings (SSSR count). The number of aliphatic imine (C=N–C) groups is 1. The summed E-state index contributed by atoms with van der Waals surface area (Å²) < 4.78 is 0. The van der Waals surface area contributed by atoms with E-state index in [9.17, 15) is 4.79 Å². The molecule has 0 amide bonds. The Labute approximate surface area is 109 Å². The van der Waals surface area contributed by atoms with Crippen LogP contribution in [0.5, 0.6) is 0 Å². The lowest BCUT2D eigenvalue weighted by molar-refractivity contribution is -0.115. The summed E-state index contributed by atoms with van der Waals surface area (Å²) in [6.07, 6.45) is 1.87. The van der Waals surface area contributed by atoms with Crippen molar-refractivity contribution in [3.8, 4) is 0 Å². The van der Waals surface area contributed by atoms with Crippen molar-refractivity contribution in [1.82, 2.24) is 0 Å². The summed E-state index contributed by atoms with van der Waals surface area (Å²) in [6.45, 7) is 7.85. The van der Waals surface area contributed by atoms with Crippen LogP contribution in [0.1, 0.15) is 31.9 Å². The van der Waals surface area contributed by atoms with Crippen molar-refractivity contribution in [2.24, 2.45) is 10.9 Å². The maximum atomic E-state index is 11.9. The molecule has 0 aromatic heterocycles. The SMILES string of the molecule is CN=C(/C=C(\C)c1ccc(C)cc1)C(=O)C(C)C. The Balaban J connectivity index is 3.01. The number of allylic oxidation sites excluding steroid dienone is 2. The third kappa shape index (κ3) is 3.66. The predicted molar refractivity (Wildman–Crippen MR) is 78.0 cm³/mol. The second kappa shape index (κ2) is 6.29. The maximum Gasteiger partial charge on any atom is 0.183 e. The van der Waals surface area contributed by atoms with E-state index in [2.05, 4.69) is 36.2 Å². The molecule has 0 N–H and O–H groups in total. The van der Waals surface area contributed by atoms with Crippen LogP contribution in [0, 0.1) is 12.8 Å². The highest BCUT2D eigenvalue weighted by atomic mass is 16.1. The minimum absolute atomic E-state index is 0.0224. The summed E-state index contributed by atoms with van der Waals surface area (Å²) in [5, 5.41) is 0. The van der Waals surface area contributed by atoms with Crippen molar-refractivity contribution in [3.05, 3.63) is 41.5 Å². The second-order valence-electron chi connectivity index (χ2n) is 4.82. The van der Waals surface area contributed by atoms with Gasteiger partial charge in [-0.25, -0.2) is 0 Å². The molecule has 0 spiro atoms. The number of benzene rings is 1. The zero-order valence-corrected chi connectivity index (χ0v) is 11.8. The van der Waals surface area contributed by atoms with Crippen LogP contribution in [-0.2, 0) is 4.79 Å². The average Bonchev–Trinajstić information content (AvgIpc) is 2.35. The molecule has 0 fully saturated rings. The molecule has 0 heterocycles. The topological polar surface area (TPSA) is 29.4 Å². The first-order valence-corrected chi connectivity index (χ1v) is 6.22. The van der Waals surface area contributed by atoms with Gasteiger partial charge < -0.3 is 0 Å². The van der Waals surface area contributed by atoms with Crippen LogP contribution in [0.4, 0.5) is 0 Å². The van der Waals surface area contributed by atoms with Crippen LogP contribution in [0.3, 0.4) is 0 Å². The van der Waals surface area contributed by atoms with E-state index >= 15 is 0 Å². The van der Waals surface area contributed by atoms with Crippen molar-refractivity contribution in [2.75, 3.05) is 7.05 Å². The molecule has 0 radical (unpaired) electrons. The third-order valence-electron chi connectivity index (χ3n) is 2.88. The largest absolute Gasteiger partial charge is 0.292 e. The molecule has 1 aromatic carbocycles. The lowest BCUT2D eigenvalue weighted by Crippen LogP contribution is -2.18. The first kappa shape index (κ1) is 14.4. The van der Waals surface area contributed by atoms with Gasteiger partial charge in [0.25, 0.3) is 0 Å². The summed E-state index contributed by atoms with van der Waals surface area (Å²) in [4.78, 5) is 16.0. The van der Waals surface area contributed by atoms with E-state index in [0.717, 1.165) is 11.1 Å². The zero-order valence-electron chi connectivity index (χ0n) is 11.8. The number of rotatable bonds is 4. The Kier molecular flexibility index (Phi) is 5.02. The van der Waals surface area contributed by atoms with Crippen LogP contribution in [0.25, 0.3) is 5.57 Å². The highest BCUT2D eigenvalue weighted by molar-refractivity contribution is 6.45. The smallest absolute Gasteiger partial charge is 0.183 e. The van der Waals surface area contributed by atoms with Gasteiger partial charge >= 0.3 is 0 Å². The molecule has 2 heteroatoms. The maximum absolute atomic E-state index is 11.9. The Hall–Kier alpha value is -1.70. The molecule has 0 unspecified atom stereocenters. The molecular formula is C16H21NO. The lowest BCUT2D eigenvalue weighted by atomic mass is 9.99. The first-order chi connectivity index (χ1) is 8.45. The summed E-state index contributed by atoms with van der Waals surface area (Å²) in [5.74, 6) is 0.0646. The summed E-state index contributed by atoms with van der Waals surface area (Å²) >= 11 is 0.